The summed E-state index contributed by atoms with van der Waals surface area (Å²) in [5.41, 5.74) is 2.09. The third-order valence-electron chi connectivity index (χ3n) is 5.22. The van der Waals surface area contributed by atoms with Crippen LogP contribution in [0.1, 0.15) is 29.2 Å². The van der Waals surface area contributed by atoms with Gasteiger partial charge in [0.05, 0.1) is 6.54 Å². The molecular formula is C22H20N2O4. The lowest BCUT2D eigenvalue weighted by Crippen LogP contribution is -2.40. The summed E-state index contributed by atoms with van der Waals surface area (Å²) in [6.45, 7) is 5.55. The van der Waals surface area contributed by atoms with Gasteiger partial charge in [-0.15, -0.1) is 0 Å². The highest BCUT2D eigenvalue weighted by Gasteiger charge is 2.48. The first kappa shape index (κ1) is 18.0. The van der Waals surface area contributed by atoms with Crippen LogP contribution in [-0.2, 0) is 16.9 Å². The van der Waals surface area contributed by atoms with Crippen LogP contribution < -0.4 is 10.9 Å². The summed E-state index contributed by atoms with van der Waals surface area (Å²) in [5, 5.41) is 3.50. The van der Waals surface area contributed by atoms with Gasteiger partial charge in [-0.25, -0.2) is 9.59 Å². The van der Waals surface area contributed by atoms with Crippen molar-refractivity contribution in [3.8, 4) is 0 Å². The SMILES string of the molecule is Cc1ccc([C@]2(C)NC(=O)N(Cc3cc(=O)oc4cc(C)ccc34)C2=O)cc1. The number of nitrogens with one attached hydrogen (secondary N) is 1. The summed E-state index contributed by atoms with van der Waals surface area (Å²) >= 11 is 0. The van der Waals surface area contributed by atoms with E-state index in [4.69, 9.17) is 4.42 Å². The van der Waals surface area contributed by atoms with E-state index in [0.29, 0.717) is 22.1 Å². The van der Waals surface area contributed by atoms with Crippen molar-refractivity contribution in [2.75, 3.05) is 0 Å². The summed E-state index contributed by atoms with van der Waals surface area (Å²) in [5.74, 6) is -0.352. The molecule has 1 aromatic heterocycles. The maximum absolute atomic E-state index is 13.1. The van der Waals surface area contributed by atoms with E-state index in [9.17, 15) is 14.4 Å². The number of benzene rings is 2. The molecule has 142 valence electrons. The summed E-state index contributed by atoms with van der Waals surface area (Å²) in [6.07, 6.45) is 0. The van der Waals surface area contributed by atoms with E-state index < -0.39 is 17.2 Å². The molecule has 1 fully saturated rings. The average molecular weight is 376 g/mol. The smallest absolute Gasteiger partial charge is 0.336 e. The average Bonchev–Trinajstić information content (AvgIpc) is 2.85. The van der Waals surface area contributed by atoms with E-state index in [1.807, 2.05) is 50.2 Å². The Morgan fingerprint density at radius 1 is 0.964 bits per heavy atom. The number of urea groups is 1. The van der Waals surface area contributed by atoms with Gasteiger partial charge >= 0.3 is 11.7 Å². The highest BCUT2D eigenvalue weighted by atomic mass is 16.4. The van der Waals surface area contributed by atoms with Gasteiger partial charge in [0.25, 0.3) is 5.91 Å². The van der Waals surface area contributed by atoms with Crippen LogP contribution >= 0.6 is 0 Å². The minimum atomic E-state index is -1.14. The van der Waals surface area contributed by atoms with Crippen LogP contribution in [0, 0.1) is 13.8 Å². The van der Waals surface area contributed by atoms with Crippen LogP contribution in [-0.4, -0.2) is 16.8 Å². The topological polar surface area (TPSA) is 79.6 Å². The highest BCUT2D eigenvalue weighted by Crippen LogP contribution is 2.31. The van der Waals surface area contributed by atoms with Crippen molar-refractivity contribution in [1.82, 2.24) is 10.2 Å². The monoisotopic (exact) mass is 376 g/mol. The molecule has 2 aromatic carbocycles. The Hall–Kier alpha value is -3.41. The zero-order valence-corrected chi connectivity index (χ0v) is 15.9. The molecule has 0 bridgehead atoms. The number of imide groups is 1. The van der Waals surface area contributed by atoms with Crippen molar-refractivity contribution in [1.29, 1.82) is 0 Å². The van der Waals surface area contributed by atoms with Crippen LogP contribution in [0.15, 0.2) is 57.7 Å². The molecule has 28 heavy (non-hydrogen) atoms. The Balaban J connectivity index is 1.72. The van der Waals surface area contributed by atoms with Crippen molar-refractivity contribution in [3.05, 3.63) is 81.2 Å². The van der Waals surface area contributed by atoms with Gasteiger partial charge < -0.3 is 9.73 Å². The number of nitrogens with zero attached hydrogens (tertiary/aromatic N) is 1. The molecule has 0 aliphatic carbocycles. The standard InChI is InChI=1S/C22H20N2O4/c1-13-4-7-16(8-5-13)22(3)20(26)24(21(27)23-22)12-15-11-19(25)28-18-10-14(2)6-9-17(15)18/h4-11H,12H2,1-3H3,(H,23,27)/t22-/m0/s1. The van der Waals surface area contributed by atoms with Crippen molar-refractivity contribution in [2.24, 2.45) is 0 Å². The third kappa shape index (κ3) is 2.87. The molecule has 1 N–H and O–H groups in total. The van der Waals surface area contributed by atoms with Gasteiger partial charge in [-0.1, -0.05) is 42.0 Å². The normalized spacial score (nSPS) is 19.3. The maximum atomic E-state index is 13.1. The van der Waals surface area contributed by atoms with E-state index in [-0.39, 0.29) is 12.5 Å². The summed E-state index contributed by atoms with van der Waals surface area (Å²) < 4.78 is 5.26. The van der Waals surface area contributed by atoms with Gasteiger partial charge in [-0.3, -0.25) is 9.69 Å². The molecule has 3 aromatic rings. The number of hydrogen-bond donors (Lipinski definition) is 1. The van der Waals surface area contributed by atoms with Gasteiger partial charge in [-0.2, -0.15) is 0 Å². The molecule has 1 aliphatic heterocycles. The van der Waals surface area contributed by atoms with Gasteiger partial charge in [0, 0.05) is 11.5 Å². The lowest BCUT2D eigenvalue weighted by atomic mass is 9.91. The number of aryl methyl sites for hydroxylation is 2. The fourth-order valence-corrected chi connectivity index (χ4v) is 3.56. The van der Waals surface area contributed by atoms with E-state index in [1.54, 1.807) is 13.0 Å². The molecule has 1 saturated heterocycles. The van der Waals surface area contributed by atoms with Crippen LogP contribution in [0.3, 0.4) is 0 Å². The zero-order valence-electron chi connectivity index (χ0n) is 15.9. The number of hydrogen-bond acceptors (Lipinski definition) is 4. The van der Waals surface area contributed by atoms with Gasteiger partial charge in [0.2, 0.25) is 0 Å². The molecule has 0 saturated carbocycles. The molecule has 0 spiro atoms. The summed E-state index contributed by atoms with van der Waals surface area (Å²) in [6, 6.07) is 13.8. The Bertz CT molecular complexity index is 1160. The van der Waals surface area contributed by atoms with Crippen molar-refractivity contribution in [3.63, 3.8) is 0 Å². The van der Waals surface area contributed by atoms with E-state index in [2.05, 4.69) is 5.32 Å². The van der Waals surface area contributed by atoms with Crippen molar-refractivity contribution < 1.29 is 14.0 Å². The van der Waals surface area contributed by atoms with Gasteiger partial charge in [0.15, 0.2) is 0 Å². The van der Waals surface area contributed by atoms with Gasteiger partial charge in [-0.05, 0) is 43.5 Å². The Labute approximate surface area is 161 Å². The first-order chi connectivity index (χ1) is 13.3. The Kier molecular flexibility index (Phi) is 4.07. The minimum absolute atomic E-state index is 0.00270. The predicted octanol–water partition coefficient (Wildman–Crippen LogP) is 3.38. The number of carbonyl (C=O) groups excluding carboxylic acids is 2. The highest BCUT2D eigenvalue weighted by molar-refractivity contribution is 6.07. The van der Waals surface area contributed by atoms with E-state index >= 15 is 0 Å². The second-order valence-corrected chi connectivity index (χ2v) is 7.40. The van der Waals surface area contributed by atoms with Crippen LogP contribution in [0.2, 0.25) is 0 Å². The molecule has 1 atom stereocenters. The Morgan fingerprint density at radius 2 is 1.64 bits per heavy atom. The zero-order chi connectivity index (χ0) is 20.1. The number of rotatable bonds is 3. The Morgan fingerprint density at radius 3 is 2.36 bits per heavy atom. The van der Waals surface area contributed by atoms with E-state index in [0.717, 1.165) is 16.0 Å². The lowest BCUT2D eigenvalue weighted by Gasteiger charge is -2.22. The number of carbonyl (C=O) groups is 2. The van der Waals surface area contributed by atoms with Crippen LogP contribution in [0.25, 0.3) is 11.0 Å². The minimum Gasteiger partial charge on any atom is -0.423 e. The quantitative estimate of drug-likeness (QED) is 0.561. The molecule has 6 nitrogen and oxygen atoms in total. The number of amides is 3. The molecule has 3 amide bonds. The molecule has 0 radical (unpaired) electrons. The fourth-order valence-electron chi connectivity index (χ4n) is 3.56. The molecule has 1 aliphatic rings. The summed E-state index contributed by atoms with van der Waals surface area (Å²) in [4.78, 5) is 38.9. The second-order valence-electron chi connectivity index (χ2n) is 7.40. The first-order valence-corrected chi connectivity index (χ1v) is 9.02. The maximum Gasteiger partial charge on any atom is 0.336 e. The van der Waals surface area contributed by atoms with Crippen LogP contribution in [0.5, 0.6) is 0 Å². The van der Waals surface area contributed by atoms with Crippen molar-refractivity contribution >= 4 is 22.9 Å². The lowest BCUT2D eigenvalue weighted by molar-refractivity contribution is -0.131. The first-order valence-electron chi connectivity index (χ1n) is 9.02. The molecule has 6 heteroatoms. The summed E-state index contributed by atoms with van der Waals surface area (Å²) in [7, 11) is 0. The van der Waals surface area contributed by atoms with Crippen LogP contribution in [0.4, 0.5) is 4.79 Å². The number of fused-ring (bicyclic) bond motifs is 1. The molecule has 2 heterocycles. The van der Waals surface area contributed by atoms with Crippen molar-refractivity contribution in [2.45, 2.75) is 32.9 Å². The molecule has 0 unspecified atom stereocenters. The largest absolute Gasteiger partial charge is 0.423 e. The molecule has 4 rings (SSSR count). The fraction of sp³-hybridized carbons (Fsp3) is 0.227. The second kappa shape index (κ2) is 6.34. The van der Waals surface area contributed by atoms with E-state index in [1.165, 1.54) is 6.07 Å². The predicted molar refractivity (Wildman–Crippen MR) is 105 cm³/mol. The van der Waals surface area contributed by atoms with Gasteiger partial charge in [0.1, 0.15) is 11.1 Å². The third-order valence-corrected chi connectivity index (χ3v) is 5.22. The molecular weight excluding hydrogens is 356 g/mol.